The molecule has 0 atom stereocenters. The van der Waals surface area contributed by atoms with Gasteiger partial charge in [-0.1, -0.05) is 11.6 Å². The molecule has 0 aromatic carbocycles. The maximum atomic E-state index is 12.3. The van der Waals surface area contributed by atoms with Gasteiger partial charge in [0.2, 0.25) is 10.0 Å². The first-order valence-electron chi connectivity index (χ1n) is 3.69. The van der Waals surface area contributed by atoms with Gasteiger partial charge in [-0.15, -0.1) is 0 Å². The average Bonchev–Trinajstić information content (AvgIpc) is 2.14. The summed E-state index contributed by atoms with van der Waals surface area (Å²) in [6.07, 6.45) is -3.01. The molecule has 16 heavy (non-hydrogen) atoms. The first-order valence-corrected chi connectivity index (χ1v) is 5.61. The van der Waals surface area contributed by atoms with Crippen LogP contribution in [0, 0.1) is 11.3 Å². The number of alkyl halides is 2. The Kier molecular flexibility index (Phi) is 3.42. The van der Waals surface area contributed by atoms with E-state index < -0.39 is 37.8 Å². The highest BCUT2D eigenvalue weighted by atomic mass is 35.5. The molecular formula is C7H4ClF2N3O2S. The van der Waals surface area contributed by atoms with E-state index in [0.29, 0.717) is 6.07 Å². The summed E-state index contributed by atoms with van der Waals surface area (Å²) in [4.78, 5) is 2.43. The fourth-order valence-corrected chi connectivity index (χ4v) is 1.96. The Bertz CT molecular complexity index is 568. The number of pyridine rings is 1. The molecule has 0 saturated heterocycles. The molecule has 0 spiro atoms. The van der Waals surface area contributed by atoms with Crippen LogP contribution >= 0.6 is 11.6 Å². The van der Waals surface area contributed by atoms with Crippen molar-refractivity contribution in [3.63, 3.8) is 0 Å². The van der Waals surface area contributed by atoms with Crippen LogP contribution < -0.4 is 5.14 Å². The lowest BCUT2D eigenvalue weighted by molar-refractivity contribution is 0.146. The highest BCUT2D eigenvalue weighted by Gasteiger charge is 2.22. The second-order valence-electron chi connectivity index (χ2n) is 2.67. The van der Waals surface area contributed by atoms with E-state index in [-0.39, 0.29) is 0 Å². The Balaban J connectivity index is 3.64. The van der Waals surface area contributed by atoms with Crippen molar-refractivity contribution >= 4 is 21.6 Å². The maximum Gasteiger partial charge on any atom is 0.280 e. The zero-order chi connectivity index (χ0) is 12.5. The van der Waals surface area contributed by atoms with E-state index in [9.17, 15) is 17.2 Å². The molecule has 0 aliphatic carbocycles. The third kappa shape index (κ3) is 2.44. The predicted octanol–water partition coefficient (Wildman–Crippen LogP) is 1.19. The predicted molar refractivity (Wildman–Crippen MR) is 50.3 cm³/mol. The Morgan fingerprint density at radius 3 is 2.50 bits per heavy atom. The standard InChI is InChI=1S/C7H4ClF2N3O2S/c8-6-3(2-11)5(16(12,14)15)1-4(13-6)7(9)10/h1,7H,(H2,12,14,15). The largest absolute Gasteiger partial charge is 0.280 e. The first-order chi connectivity index (χ1) is 7.27. The summed E-state index contributed by atoms with van der Waals surface area (Å²) in [5, 5.41) is 12.8. The van der Waals surface area contributed by atoms with Crippen molar-refractivity contribution < 1.29 is 17.2 Å². The number of primary sulfonamides is 1. The normalized spacial score (nSPS) is 11.5. The van der Waals surface area contributed by atoms with E-state index in [4.69, 9.17) is 22.0 Å². The number of hydrogen-bond acceptors (Lipinski definition) is 4. The lowest BCUT2D eigenvalue weighted by atomic mass is 10.2. The number of nitrogens with two attached hydrogens (primary N) is 1. The van der Waals surface area contributed by atoms with E-state index in [0.717, 1.165) is 0 Å². The second kappa shape index (κ2) is 4.29. The van der Waals surface area contributed by atoms with Gasteiger partial charge in [0, 0.05) is 0 Å². The lowest BCUT2D eigenvalue weighted by Crippen LogP contribution is -2.15. The van der Waals surface area contributed by atoms with Gasteiger partial charge < -0.3 is 0 Å². The van der Waals surface area contributed by atoms with Crippen LogP contribution in [0.1, 0.15) is 17.7 Å². The Morgan fingerprint density at radius 1 is 1.56 bits per heavy atom. The Hall–Kier alpha value is -1.30. The third-order valence-corrected chi connectivity index (χ3v) is 2.81. The number of rotatable bonds is 2. The topological polar surface area (TPSA) is 96.8 Å². The maximum absolute atomic E-state index is 12.3. The molecule has 0 saturated carbocycles. The van der Waals surface area contributed by atoms with E-state index in [2.05, 4.69) is 4.98 Å². The number of nitriles is 1. The van der Waals surface area contributed by atoms with Crippen molar-refractivity contribution in [3.05, 3.63) is 22.5 Å². The van der Waals surface area contributed by atoms with Gasteiger partial charge in [-0.05, 0) is 6.07 Å². The number of hydrogen-bond donors (Lipinski definition) is 1. The molecular weight excluding hydrogens is 264 g/mol. The molecule has 0 amide bonds. The molecule has 86 valence electrons. The molecule has 0 aliphatic heterocycles. The molecule has 9 heteroatoms. The molecule has 1 heterocycles. The van der Waals surface area contributed by atoms with Crippen molar-refractivity contribution in [2.24, 2.45) is 5.14 Å². The first kappa shape index (κ1) is 12.8. The number of aromatic nitrogens is 1. The van der Waals surface area contributed by atoms with Gasteiger partial charge >= 0.3 is 0 Å². The van der Waals surface area contributed by atoms with Gasteiger partial charge in [0.1, 0.15) is 27.4 Å². The van der Waals surface area contributed by atoms with Gasteiger partial charge in [0.25, 0.3) is 6.43 Å². The van der Waals surface area contributed by atoms with Gasteiger partial charge in [-0.2, -0.15) is 5.26 Å². The van der Waals surface area contributed by atoms with Crippen molar-refractivity contribution in [1.29, 1.82) is 5.26 Å². The van der Waals surface area contributed by atoms with Crippen molar-refractivity contribution in [2.75, 3.05) is 0 Å². The average molecular weight is 268 g/mol. The van der Waals surface area contributed by atoms with Crippen LogP contribution in [0.15, 0.2) is 11.0 Å². The fourth-order valence-electron chi connectivity index (χ4n) is 0.947. The molecule has 1 aromatic rings. The minimum Gasteiger partial charge on any atom is -0.234 e. The second-order valence-corrected chi connectivity index (χ2v) is 4.56. The summed E-state index contributed by atoms with van der Waals surface area (Å²) in [5.41, 5.74) is -1.40. The molecule has 0 radical (unpaired) electrons. The zero-order valence-electron chi connectivity index (χ0n) is 7.49. The fraction of sp³-hybridized carbons (Fsp3) is 0.143. The van der Waals surface area contributed by atoms with Crippen LogP contribution in [0.3, 0.4) is 0 Å². The van der Waals surface area contributed by atoms with Gasteiger partial charge in [0.15, 0.2) is 0 Å². The molecule has 2 N–H and O–H groups in total. The molecule has 0 aliphatic rings. The van der Waals surface area contributed by atoms with E-state index in [1.807, 2.05) is 0 Å². The molecule has 1 aromatic heterocycles. The zero-order valence-corrected chi connectivity index (χ0v) is 9.06. The van der Waals surface area contributed by atoms with Crippen LogP contribution in [-0.2, 0) is 10.0 Å². The molecule has 0 fully saturated rings. The van der Waals surface area contributed by atoms with Crippen molar-refractivity contribution in [2.45, 2.75) is 11.3 Å². The molecule has 0 unspecified atom stereocenters. The SMILES string of the molecule is N#Cc1c(S(N)(=O)=O)cc(C(F)F)nc1Cl. The van der Waals surface area contributed by atoms with E-state index in [1.54, 1.807) is 0 Å². The van der Waals surface area contributed by atoms with Gasteiger partial charge in [-0.25, -0.2) is 27.3 Å². The molecule has 1 rings (SSSR count). The quantitative estimate of drug-likeness (QED) is 0.814. The number of halogens is 3. The van der Waals surface area contributed by atoms with Gasteiger partial charge in [-0.3, -0.25) is 0 Å². The summed E-state index contributed by atoms with van der Waals surface area (Å²) in [5.74, 6) is 0. The minimum atomic E-state index is -4.30. The highest BCUT2D eigenvalue weighted by molar-refractivity contribution is 7.89. The van der Waals surface area contributed by atoms with Crippen LogP contribution in [0.2, 0.25) is 5.15 Å². The number of nitrogens with zero attached hydrogens (tertiary/aromatic N) is 2. The van der Waals surface area contributed by atoms with Crippen LogP contribution in [0.25, 0.3) is 0 Å². The lowest BCUT2D eigenvalue weighted by Gasteiger charge is -2.06. The van der Waals surface area contributed by atoms with Crippen molar-refractivity contribution in [1.82, 2.24) is 4.98 Å². The smallest absolute Gasteiger partial charge is 0.234 e. The monoisotopic (exact) mass is 267 g/mol. The summed E-state index contributed by atoms with van der Waals surface area (Å²) in [6.45, 7) is 0. The summed E-state index contributed by atoms with van der Waals surface area (Å²) in [6, 6.07) is 1.97. The van der Waals surface area contributed by atoms with Crippen LogP contribution in [-0.4, -0.2) is 13.4 Å². The summed E-state index contributed by atoms with van der Waals surface area (Å²) >= 11 is 5.40. The van der Waals surface area contributed by atoms with E-state index >= 15 is 0 Å². The van der Waals surface area contributed by atoms with E-state index in [1.165, 1.54) is 6.07 Å². The molecule has 0 bridgehead atoms. The highest BCUT2D eigenvalue weighted by Crippen LogP contribution is 2.26. The van der Waals surface area contributed by atoms with Crippen LogP contribution in [0.4, 0.5) is 8.78 Å². The van der Waals surface area contributed by atoms with Crippen molar-refractivity contribution in [3.8, 4) is 6.07 Å². The van der Waals surface area contributed by atoms with Crippen LogP contribution in [0.5, 0.6) is 0 Å². The van der Waals surface area contributed by atoms with Gasteiger partial charge in [0.05, 0.1) is 0 Å². The number of sulfonamides is 1. The third-order valence-electron chi connectivity index (χ3n) is 1.60. The Morgan fingerprint density at radius 2 is 2.12 bits per heavy atom. The summed E-state index contributed by atoms with van der Waals surface area (Å²) < 4.78 is 46.7. The Labute approximate surface area is 94.5 Å². The summed E-state index contributed by atoms with van der Waals surface area (Å²) in [7, 11) is -4.30. The minimum absolute atomic E-state index is 0.532. The molecule has 5 nitrogen and oxygen atoms in total.